The van der Waals surface area contributed by atoms with Crippen molar-refractivity contribution in [2.75, 3.05) is 41.0 Å². The Bertz CT molecular complexity index is 767. The summed E-state index contributed by atoms with van der Waals surface area (Å²) < 4.78 is 16.0. The average Bonchev–Trinajstić information content (AvgIpc) is 2.80. The number of rotatable bonds is 8. The maximum Gasteiger partial charge on any atom is 0.251 e. The summed E-state index contributed by atoms with van der Waals surface area (Å²) in [7, 11) is 4.59. The van der Waals surface area contributed by atoms with Crippen molar-refractivity contribution in [2.24, 2.45) is 5.92 Å². The summed E-state index contributed by atoms with van der Waals surface area (Å²) in [5, 5.41) is 6.33. The van der Waals surface area contributed by atoms with Crippen LogP contribution in [0.25, 0.3) is 0 Å². The van der Waals surface area contributed by atoms with Gasteiger partial charge in [-0.3, -0.25) is 14.5 Å². The lowest BCUT2D eigenvalue weighted by atomic mass is 9.86. The third kappa shape index (κ3) is 6.06. The fourth-order valence-electron chi connectivity index (χ4n) is 4.70. The van der Waals surface area contributed by atoms with E-state index < -0.39 is 0 Å². The summed E-state index contributed by atoms with van der Waals surface area (Å²) in [4.78, 5) is 27.5. The van der Waals surface area contributed by atoms with Crippen LogP contribution in [-0.4, -0.2) is 69.8 Å². The molecule has 0 radical (unpaired) electrons. The van der Waals surface area contributed by atoms with Gasteiger partial charge in [-0.15, -0.1) is 0 Å². The van der Waals surface area contributed by atoms with Crippen molar-refractivity contribution in [2.45, 2.75) is 57.5 Å². The van der Waals surface area contributed by atoms with E-state index in [-0.39, 0.29) is 17.9 Å². The Morgan fingerprint density at radius 2 is 1.56 bits per heavy atom. The van der Waals surface area contributed by atoms with Gasteiger partial charge in [-0.2, -0.15) is 0 Å². The summed E-state index contributed by atoms with van der Waals surface area (Å²) >= 11 is 0. The summed E-state index contributed by atoms with van der Waals surface area (Å²) in [6.07, 6.45) is 6.37. The lowest BCUT2D eigenvalue weighted by Gasteiger charge is -2.33. The van der Waals surface area contributed by atoms with E-state index in [1.54, 1.807) is 12.1 Å². The number of hydrogen-bond acceptors (Lipinski definition) is 6. The number of benzene rings is 1. The monoisotopic (exact) mass is 447 g/mol. The molecule has 2 N–H and O–H groups in total. The van der Waals surface area contributed by atoms with Crippen LogP contribution >= 0.6 is 0 Å². The highest BCUT2D eigenvalue weighted by atomic mass is 16.5. The highest BCUT2D eigenvalue weighted by molar-refractivity contribution is 5.95. The Balaban J connectivity index is 1.48. The lowest BCUT2D eigenvalue weighted by molar-refractivity contribution is -0.123. The van der Waals surface area contributed by atoms with Gasteiger partial charge >= 0.3 is 0 Å². The number of carbonyl (C=O) groups excluding carboxylic acids is 2. The zero-order valence-corrected chi connectivity index (χ0v) is 19.7. The number of nitrogens with zero attached hydrogens (tertiary/aromatic N) is 1. The molecule has 178 valence electrons. The third-order valence-electron chi connectivity index (χ3n) is 6.67. The second-order valence-electron chi connectivity index (χ2n) is 8.87. The van der Waals surface area contributed by atoms with E-state index in [9.17, 15) is 9.59 Å². The topological polar surface area (TPSA) is 89.1 Å². The molecule has 1 aliphatic carbocycles. The molecule has 8 heteroatoms. The maximum atomic E-state index is 12.8. The Morgan fingerprint density at radius 3 is 2.12 bits per heavy atom. The molecule has 32 heavy (non-hydrogen) atoms. The van der Waals surface area contributed by atoms with Gasteiger partial charge in [0.05, 0.1) is 27.9 Å². The summed E-state index contributed by atoms with van der Waals surface area (Å²) in [6.45, 7) is 4.23. The van der Waals surface area contributed by atoms with E-state index in [2.05, 4.69) is 22.5 Å². The Labute approximate surface area is 191 Å². The fourth-order valence-corrected chi connectivity index (χ4v) is 4.70. The van der Waals surface area contributed by atoms with Crippen LogP contribution in [0.1, 0.15) is 55.8 Å². The Hall–Kier alpha value is -2.48. The third-order valence-corrected chi connectivity index (χ3v) is 6.67. The van der Waals surface area contributed by atoms with Gasteiger partial charge in [-0.05, 0) is 43.7 Å². The fraction of sp³-hybridized carbons (Fsp3) is 0.667. The number of carbonyl (C=O) groups is 2. The molecule has 2 atom stereocenters. The minimum Gasteiger partial charge on any atom is -0.493 e. The number of amides is 2. The summed E-state index contributed by atoms with van der Waals surface area (Å²) in [6, 6.07) is 3.69. The first-order valence-corrected chi connectivity index (χ1v) is 11.6. The molecule has 1 aliphatic heterocycles. The zero-order chi connectivity index (χ0) is 23.1. The van der Waals surface area contributed by atoms with Crippen molar-refractivity contribution >= 4 is 11.8 Å². The lowest BCUT2D eigenvalue weighted by Crippen LogP contribution is -2.49. The van der Waals surface area contributed by atoms with Gasteiger partial charge in [0.2, 0.25) is 11.7 Å². The SMILES string of the molecule is COc1cc(C(=O)NC2CCN(CC(=O)N[C@H]3CCCC[C@H]3C)CC2)cc(OC)c1OC. The van der Waals surface area contributed by atoms with Crippen LogP contribution < -0.4 is 24.8 Å². The summed E-state index contributed by atoms with van der Waals surface area (Å²) in [5.74, 6) is 1.86. The molecule has 2 fully saturated rings. The van der Waals surface area contributed by atoms with Crippen LogP contribution in [0.15, 0.2) is 12.1 Å². The highest BCUT2D eigenvalue weighted by Gasteiger charge is 2.26. The Morgan fingerprint density at radius 1 is 0.938 bits per heavy atom. The molecule has 0 spiro atoms. The average molecular weight is 448 g/mol. The van der Waals surface area contributed by atoms with Crippen LogP contribution in [0, 0.1) is 5.92 Å². The second-order valence-corrected chi connectivity index (χ2v) is 8.87. The molecule has 3 rings (SSSR count). The molecule has 1 heterocycles. The number of likely N-dealkylation sites (tertiary alicyclic amines) is 1. The van der Waals surface area contributed by atoms with Gasteiger partial charge in [0.25, 0.3) is 5.91 Å². The molecule has 1 saturated heterocycles. The molecule has 1 aromatic carbocycles. The van der Waals surface area contributed by atoms with Crippen LogP contribution in [-0.2, 0) is 4.79 Å². The molecule has 2 aliphatic rings. The van der Waals surface area contributed by atoms with Crippen molar-refractivity contribution in [3.05, 3.63) is 17.7 Å². The van der Waals surface area contributed by atoms with Gasteiger partial charge in [0.1, 0.15) is 0 Å². The molecular formula is C24H37N3O5. The first-order valence-electron chi connectivity index (χ1n) is 11.6. The molecule has 1 aromatic rings. The zero-order valence-electron chi connectivity index (χ0n) is 19.7. The van der Waals surface area contributed by atoms with Gasteiger partial charge in [0.15, 0.2) is 11.5 Å². The largest absolute Gasteiger partial charge is 0.493 e. The quantitative estimate of drug-likeness (QED) is 0.637. The molecular weight excluding hydrogens is 410 g/mol. The smallest absolute Gasteiger partial charge is 0.251 e. The molecule has 0 unspecified atom stereocenters. The van der Waals surface area contributed by atoms with Gasteiger partial charge in [-0.1, -0.05) is 19.8 Å². The molecule has 0 bridgehead atoms. The standard InChI is InChI=1S/C24H37N3O5/c1-16-7-5-6-8-19(16)26-22(28)15-27-11-9-18(10-12-27)25-24(29)17-13-20(30-2)23(32-4)21(14-17)31-3/h13-14,16,18-19H,5-12,15H2,1-4H3,(H,25,29)(H,26,28)/t16-,19+/m1/s1. The minimum atomic E-state index is -0.174. The van der Waals surface area contributed by atoms with Crippen LogP contribution in [0.5, 0.6) is 17.2 Å². The van der Waals surface area contributed by atoms with Crippen molar-refractivity contribution in [3.63, 3.8) is 0 Å². The van der Waals surface area contributed by atoms with Gasteiger partial charge in [-0.25, -0.2) is 0 Å². The predicted molar refractivity (Wildman–Crippen MR) is 123 cm³/mol. The highest BCUT2D eigenvalue weighted by Crippen LogP contribution is 2.38. The van der Waals surface area contributed by atoms with Crippen LogP contribution in [0.3, 0.4) is 0 Å². The van der Waals surface area contributed by atoms with E-state index in [1.807, 2.05) is 0 Å². The predicted octanol–water partition coefficient (Wildman–Crippen LogP) is 2.60. The Kier molecular flexibility index (Phi) is 8.61. The molecule has 2 amide bonds. The molecule has 1 saturated carbocycles. The van der Waals surface area contributed by atoms with E-state index in [0.29, 0.717) is 41.3 Å². The molecule has 8 nitrogen and oxygen atoms in total. The first kappa shape index (κ1) is 24.2. The normalized spacial score (nSPS) is 22.1. The minimum absolute atomic E-state index is 0.0688. The number of ether oxygens (including phenoxy) is 3. The van der Waals surface area contributed by atoms with Gasteiger partial charge in [0, 0.05) is 30.7 Å². The van der Waals surface area contributed by atoms with Crippen LogP contribution in [0.2, 0.25) is 0 Å². The molecule has 0 aromatic heterocycles. The second kappa shape index (κ2) is 11.4. The number of piperidine rings is 1. The van der Waals surface area contributed by atoms with Crippen LogP contribution in [0.4, 0.5) is 0 Å². The number of nitrogens with one attached hydrogen (secondary N) is 2. The van der Waals surface area contributed by atoms with Gasteiger partial charge < -0.3 is 24.8 Å². The van der Waals surface area contributed by atoms with E-state index >= 15 is 0 Å². The van der Waals surface area contributed by atoms with E-state index in [1.165, 1.54) is 40.6 Å². The summed E-state index contributed by atoms with van der Waals surface area (Å²) in [5.41, 5.74) is 0.461. The van der Waals surface area contributed by atoms with Crippen molar-refractivity contribution < 1.29 is 23.8 Å². The first-order chi connectivity index (χ1) is 15.4. The van der Waals surface area contributed by atoms with Crippen molar-refractivity contribution in [1.29, 1.82) is 0 Å². The van der Waals surface area contributed by atoms with Crippen molar-refractivity contribution in [3.8, 4) is 17.2 Å². The number of methoxy groups -OCH3 is 3. The van der Waals surface area contributed by atoms with E-state index in [0.717, 1.165) is 32.4 Å². The van der Waals surface area contributed by atoms with E-state index in [4.69, 9.17) is 14.2 Å². The number of hydrogen-bond donors (Lipinski definition) is 2. The maximum absolute atomic E-state index is 12.8. The van der Waals surface area contributed by atoms with Crippen molar-refractivity contribution in [1.82, 2.24) is 15.5 Å².